The summed E-state index contributed by atoms with van der Waals surface area (Å²) in [4.78, 5) is 22.1. The molecule has 1 aliphatic heterocycles. The molecule has 0 aromatic heterocycles. The number of Topliss-reactive ketones (excluding diaryl/α,β-unsaturated/α-hetero) is 1. The molecule has 1 heterocycles. The fourth-order valence-electron chi connectivity index (χ4n) is 1.77. The Balaban J connectivity index is 0.000000163. The summed E-state index contributed by atoms with van der Waals surface area (Å²) >= 11 is 0. The molecule has 96 valence electrons. The summed E-state index contributed by atoms with van der Waals surface area (Å²) in [7, 11) is 0. The van der Waals surface area contributed by atoms with E-state index in [1.165, 1.54) is 6.08 Å². The van der Waals surface area contributed by atoms with Gasteiger partial charge < -0.3 is 5.32 Å². The molecular formula is C16H15NO2. The standard InChI is InChI=1S/C10H6O2.C6H9N/c11-9-6-5-7-3-1-2-4-8(7)10(9)12;1-2-4-6-7-5-3-1/h1-6H;1-3,5,7H,4,6H2. The average molecular weight is 253 g/mol. The number of carbonyl (C=O) groups excluding carboxylic acids is 2. The lowest BCUT2D eigenvalue weighted by Crippen LogP contribution is -2.15. The number of ketones is 2. The van der Waals surface area contributed by atoms with Crippen LogP contribution in [0, 0.1) is 0 Å². The minimum absolute atomic E-state index is 0.409. The molecular weight excluding hydrogens is 238 g/mol. The highest BCUT2D eigenvalue weighted by atomic mass is 16.2. The van der Waals surface area contributed by atoms with Crippen molar-refractivity contribution in [1.29, 1.82) is 0 Å². The zero-order valence-corrected chi connectivity index (χ0v) is 10.5. The molecule has 0 unspecified atom stereocenters. The summed E-state index contributed by atoms with van der Waals surface area (Å²) in [6, 6.07) is 7.07. The Labute approximate surface area is 112 Å². The number of fused-ring (bicyclic) bond motifs is 1. The fraction of sp³-hybridized carbons (Fsp3) is 0.125. The minimum Gasteiger partial charge on any atom is -0.391 e. The van der Waals surface area contributed by atoms with Gasteiger partial charge in [0.2, 0.25) is 11.6 Å². The second-order valence-electron chi connectivity index (χ2n) is 4.14. The van der Waals surface area contributed by atoms with Gasteiger partial charge in [0.25, 0.3) is 0 Å². The highest BCUT2D eigenvalue weighted by Crippen LogP contribution is 2.16. The number of rotatable bonds is 0. The lowest BCUT2D eigenvalue weighted by molar-refractivity contribution is -0.110. The first-order valence-corrected chi connectivity index (χ1v) is 6.20. The highest BCUT2D eigenvalue weighted by Gasteiger charge is 2.19. The average Bonchev–Trinajstić information content (AvgIpc) is 2.76. The molecule has 0 amide bonds. The van der Waals surface area contributed by atoms with Gasteiger partial charge in [0, 0.05) is 12.1 Å². The van der Waals surface area contributed by atoms with Crippen molar-refractivity contribution in [2.75, 3.05) is 6.54 Å². The Morgan fingerprint density at radius 2 is 1.84 bits per heavy atom. The first kappa shape index (κ1) is 13.0. The van der Waals surface area contributed by atoms with Crippen molar-refractivity contribution >= 4 is 17.6 Å². The molecule has 0 saturated carbocycles. The summed E-state index contributed by atoms with van der Waals surface area (Å²) in [6.45, 7) is 1.08. The summed E-state index contributed by atoms with van der Waals surface area (Å²) in [5.74, 6) is -0.846. The van der Waals surface area contributed by atoms with Crippen molar-refractivity contribution in [3.8, 4) is 0 Å². The minimum atomic E-state index is -0.436. The van der Waals surface area contributed by atoms with E-state index in [0.29, 0.717) is 5.56 Å². The van der Waals surface area contributed by atoms with Gasteiger partial charge in [-0.2, -0.15) is 0 Å². The maximum atomic E-state index is 11.2. The van der Waals surface area contributed by atoms with E-state index in [4.69, 9.17) is 0 Å². The van der Waals surface area contributed by atoms with Crippen molar-refractivity contribution in [2.45, 2.75) is 6.42 Å². The number of nitrogens with one attached hydrogen (secondary N) is 1. The van der Waals surface area contributed by atoms with E-state index in [1.54, 1.807) is 18.2 Å². The van der Waals surface area contributed by atoms with Crippen molar-refractivity contribution < 1.29 is 9.59 Å². The molecule has 3 nitrogen and oxygen atoms in total. The predicted molar refractivity (Wildman–Crippen MR) is 75.7 cm³/mol. The summed E-state index contributed by atoms with van der Waals surface area (Å²) in [6.07, 6.45) is 12.3. The molecule has 1 aromatic rings. The molecule has 0 fully saturated rings. The Morgan fingerprint density at radius 1 is 1.00 bits per heavy atom. The van der Waals surface area contributed by atoms with Gasteiger partial charge in [0.15, 0.2) is 0 Å². The van der Waals surface area contributed by atoms with Gasteiger partial charge in [-0.1, -0.05) is 42.5 Å². The van der Waals surface area contributed by atoms with Crippen LogP contribution in [-0.2, 0) is 4.79 Å². The number of benzene rings is 1. The van der Waals surface area contributed by atoms with Crippen LogP contribution < -0.4 is 5.32 Å². The van der Waals surface area contributed by atoms with Crippen LogP contribution in [0.25, 0.3) is 6.08 Å². The van der Waals surface area contributed by atoms with Gasteiger partial charge in [-0.05, 0) is 30.3 Å². The number of hydrogen-bond donors (Lipinski definition) is 1. The van der Waals surface area contributed by atoms with Crippen molar-refractivity contribution in [3.05, 3.63) is 65.9 Å². The molecule has 3 rings (SSSR count). The molecule has 0 saturated heterocycles. The second-order valence-corrected chi connectivity index (χ2v) is 4.14. The monoisotopic (exact) mass is 253 g/mol. The molecule has 0 radical (unpaired) electrons. The van der Waals surface area contributed by atoms with Crippen molar-refractivity contribution in [3.63, 3.8) is 0 Å². The van der Waals surface area contributed by atoms with Crippen molar-refractivity contribution in [1.82, 2.24) is 5.32 Å². The first-order valence-electron chi connectivity index (χ1n) is 6.20. The maximum Gasteiger partial charge on any atom is 0.233 e. The lowest BCUT2D eigenvalue weighted by atomic mass is 9.96. The Kier molecular flexibility index (Phi) is 4.45. The predicted octanol–water partition coefficient (Wildman–Crippen LogP) is 2.51. The van der Waals surface area contributed by atoms with E-state index < -0.39 is 11.6 Å². The normalized spacial score (nSPS) is 16.0. The molecule has 0 bridgehead atoms. The van der Waals surface area contributed by atoms with Gasteiger partial charge in [-0.15, -0.1) is 0 Å². The lowest BCUT2D eigenvalue weighted by Gasteiger charge is -2.06. The van der Waals surface area contributed by atoms with E-state index >= 15 is 0 Å². The van der Waals surface area contributed by atoms with Gasteiger partial charge in [-0.3, -0.25) is 9.59 Å². The molecule has 3 heteroatoms. The fourth-order valence-corrected chi connectivity index (χ4v) is 1.77. The number of allylic oxidation sites excluding steroid dienone is 3. The summed E-state index contributed by atoms with van der Waals surface area (Å²) < 4.78 is 0. The van der Waals surface area contributed by atoms with Crippen LogP contribution in [0.3, 0.4) is 0 Å². The van der Waals surface area contributed by atoms with Gasteiger partial charge >= 0.3 is 0 Å². The van der Waals surface area contributed by atoms with E-state index in [-0.39, 0.29) is 0 Å². The Morgan fingerprint density at radius 3 is 2.74 bits per heavy atom. The third-order valence-electron chi connectivity index (χ3n) is 2.76. The van der Waals surface area contributed by atoms with Crippen LogP contribution in [0.2, 0.25) is 0 Å². The molecule has 1 aliphatic carbocycles. The zero-order valence-electron chi connectivity index (χ0n) is 10.5. The second kappa shape index (κ2) is 6.50. The molecule has 0 atom stereocenters. The maximum absolute atomic E-state index is 11.2. The van der Waals surface area contributed by atoms with Crippen molar-refractivity contribution in [2.24, 2.45) is 0 Å². The third kappa shape index (κ3) is 3.52. The molecule has 2 aliphatic rings. The number of carbonyl (C=O) groups is 2. The van der Waals surface area contributed by atoms with Crippen LogP contribution in [-0.4, -0.2) is 18.1 Å². The van der Waals surface area contributed by atoms with E-state index in [9.17, 15) is 9.59 Å². The van der Waals surface area contributed by atoms with Crippen LogP contribution in [0.15, 0.2) is 54.8 Å². The molecule has 1 aromatic carbocycles. The Bertz CT molecular complexity index is 556. The van der Waals surface area contributed by atoms with Crippen LogP contribution in [0.5, 0.6) is 0 Å². The molecule has 1 N–H and O–H groups in total. The quantitative estimate of drug-likeness (QED) is 0.723. The SMILES string of the molecule is C1=CCCNC=C1.O=C1C=Cc2ccccc2C1=O. The smallest absolute Gasteiger partial charge is 0.233 e. The molecule has 19 heavy (non-hydrogen) atoms. The van der Waals surface area contributed by atoms with E-state index in [2.05, 4.69) is 17.5 Å². The van der Waals surface area contributed by atoms with Crippen LogP contribution in [0.1, 0.15) is 22.3 Å². The zero-order chi connectivity index (χ0) is 13.5. The van der Waals surface area contributed by atoms with E-state index in [0.717, 1.165) is 18.5 Å². The third-order valence-corrected chi connectivity index (χ3v) is 2.76. The number of hydrogen-bond acceptors (Lipinski definition) is 3. The van der Waals surface area contributed by atoms with Crippen LogP contribution >= 0.6 is 0 Å². The summed E-state index contributed by atoms with van der Waals surface area (Å²) in [5.41, 5.74) is 1.33. The molecule has 0 spiro atoms. The van der Waals surface area contributed by atoms with Crippen LogP contribution in [0.4, 0.5) is 0 Å². The topological polar surface area (TPSA) is 46.2 Å². The Hall–Kier alpha value is -2.42. The van der Waals surface area contributed by atoms with E-state index in [1.807, 2.05) is 24.4 Å². The first-order chi connectivity index (χ1) is 9.29. The largest absolute Gasteiger partial charge is 0.391 e. The summed E-state index contributed by atoms with van der Waals surface area (Å²) in [5, 5.41) is 3.10. The highest BCUT2D eigenvalue weighted by molar-refractivity contribution is 6.49. The van der Waals surface area contributed by atoms with Gasteiger partial charge in [0.05, 0.1) is 0 Å². The van der Waals surface area contributed by atoms with Gasteiger partial charge in [-0.25, -0.2) is 0 Å². The van der Waals surface area contributed by atoms with Gasteiger partial charge in [0.1, 0.15) is 0 Å².